The predicted octanol–water partition coefficient (Wildman–Crippen LogP) is 1.79. The lowest BCUT2D eigenvalue weighted by molar-refractivity contribution is -0.0381. The molecule has 8 nitrogen and oxygen atoms in total. The summed E-state index contributed by atoms with van der Waals surface area (Å²) in [5, 5.41) is 12.0. The van der Waals surface area contributed by atoms with Gasteiger partial charge in [-0.25, -0.2) is 14.6 Å². The topological polar surface area (TPSA) is 81.0 Å². The first-order valence-corrected chi connectivity index (χ1v) is 9.81. The smallest absolute Gasteiger partial charge is 0.183 e. The van der Waals surface area contributed by atoms with E-state index in [0.717, 1.165) is 61.6 Å². The lowest BCUT2D eigenvalue weighted by Gasteiger charge is -2.33. The summed E-state index contributed by atoms with van der Waals surface area (Å²) in [4.78, 5) is 11.2. The van der Waals surface area contributed by atoms with E-state index in [4.69, 9.17) is 4.74 Å². The number of morpholine rings is 1. The number of anilines is 1. The third kappa shape index (κ3) is 4.29. The maximum Gasteiger partial charge on any atom is 0.183 e. The van der Waals surface area contributed by atoms with Crippen LogP contribution in [0.4, 0.5) is 5.82 Å². The van der Waals surface area contributed by atoms with Crippen molar-refractivity contribution in [3.05, 3.63) is 6.33 Å². The Morgan fingerprint density at radius 2 is 2.19 bits per heavy atom. The predicted molar refractivity (Wildman–Crippen MR) is 100.0 cm³/mol. The highest BCUT2D eigenvalue weighted by Gasteiger charge is 2.24. The highest BCUT2D eigenvalue weighted by molar-refractivity contribution is 5.81. The lowest BCUT2D eigenvalue weighted by Crippen LogP contribution is -2.44. The fourth-order valence-electron chi connectivity index (χ4n) is 3.33. The average molecular weight is 359 g/mol. The van der Waals surface area contributed by atoms with Gasteiger partial charge in [-0.1, -0.05) is 19.1 Å². The summed E-state index contributed by atoms with van der Waals surface area (Å²) >= 11 is 0. The van der Waals surface area contributed by atoms with Crippen molar-refractivity contribution in [2.45, 2.75) is 45.8 Å². The van der Waals surface area contributed by atoms with Gasteiger partial charge in [-0.2, -0.15) is 0 Å². The Balaban J connectivity index is 1.41. The molecule has 2 aliphatic rings. The second-order valence-electron chi connectivity index (χ2n) is 7.97. The molecular formula is C18H29N7O. The van der Waals surface area contributed by atoms with Crippen LogP contribution in [0.25, 0.3) is 11.2 Å². The van der Waals surface area contributed by atoms with Gasteiger partial charge in [-0.15, -0.1) is 5.10 Å². The summed E-state index contributed by atoms with van der Waals surface area (Å²) in [6, 6.07) is 0. The van der Waals surface area contributed by atoms with Crippen molar-refractivity contribution in [1.82, 2.24) is 29.9 Å². The maximum absolute atomic E-state index is 5.97. The molecule has 0 amide bonds. The molecule has 4 rings (SSSR count). The molecule has 26 heavy (non-hydrogen) atoms. The second-order valence-corrected chi connectivity index (χ2v) is 7.97. The molecule has 2 aromatic rings. The molecule has 3 heterocycles. The van der Waals surface area contributed by atoms with Gasteiger partial charge in [-0.05, 0) is 37.6 Å². The zero-order valence-corrected chi connectivity index (χ0v) is 15.8. The summed E-state index contributed by atoms with van der Waals surface area (Å²) in [6.45, 7) is 10.0. The zero-order valence-electron chi connectivity index (χ0n) is 15.8. The van der Waals surface area contributed by atoms with E-state index < -0.39 is 0 Å². The van der Waals surface area contributed by atoms with Gasteiger partial charge in [0.2, 0.25) is 0 Å². The Hall–Kier alpha value is -1.80. The van der Waals surface area contributed by atoms with Crippen LogP contribution in [0.15, 0.2) is 6.33 Å². The third-order valence-electron chi connectivity index (χ3n) is 5.18. The van der Waals surface area contributed by atoms with Crippen LogP contribution >= 0.6 is 0 Å². The molecule has 0 unspecified atom stereocenters. The van der Waals surface area contributed by atoms with E-state index in [9.17, 15) is 0 Å². The molecule has 1 aliphatic carbocycles. The number of nitrogens with zero attached hydrogens (tertiary/aromatic N) is 6. The van der Waals surface area contributed by atoms with Gasteiger partial charge >= 0.3 is 0 Å². The average Bonchev–Trinajstić information content (AvgIpc) is 3.39. The highest BCUT2D eigenvalue weighted by atomic mass is 16.5. The fourth-order valence-corrected chi connectivity index (χ4v) is 3.33. The van der Waals surface area contributed by atoms with Gasteiger partial charge in [0.15, 0.2) is 17.0 Å². The van der Waals surface area contributed by atoms with Gasteiger partial charge in [-0.3, -0.25) is 4.90 Å². The van der Waals surface area contributed by atoms with Gasteiger partial charge in [0.25, 0.3) is 0 Å². The van der Waals surface area contributed by atoms with E-state index in [1.807, 2.05) is 4.68 Å². The van der Waals surface area contributed by atoms with Crippen molar-refractivity contribution in [1.29, 1.82) is 0 Å². The van der Waals surface area contributed by atoms with E-state index in [1.54, 1.807) is 6.33 Å². The molecule has 1 N–H and O–H groups in total. The van der Waals surface area contributed by atoms with Gasteiger partial charge in [0.1, 0.15) is 6.33 Å². The molecule has 1 atom stereocenters. The summed E-state index contributed by atoms with van der Waals surface area (Å²) in [6.07, 6.45) is 5.55. The molecule has 1 saturated carbocycles. The minimum atomic E-state index is 0.124. The minimum absolute atomic E-state index is 0.124. The normalized spacial score (nSPS) is 21.6. The van der Waals surface area contributed by atoms with Crippen molar-refractivity contribution in [2.24, 2.45) is 11.8 Å². The quantitative estimate of drug-likeness (QED) is 0.769. The number of ether oxygens (including phenoxy) is 1. The lowest BCUT2D eigenvalue weighted by atomic mass is 10.1. The van der Waals surface area contributed by atoms with Crippen LogP contribution in [-0.4, -0.2) is 68.8 Å². The van der Waals surface area contributed by atoms with E-state index in [2.05, 4.69) is 44.3 Å². The second kappa shape index (κ2) is 7.84. The first kappa shape index (κ1) is 17.6. The number of nitrogens with one attached hydrogen (secondary N) is 1. The Bertz CT molecular complexity index is 727. The van der Waals surface area contributed by atoms with Crippen LogP contribution in [0.3, 0.4) is 0 Å². The van der Waals surface area contributed by atoms with Crippen LogP contribution in [-0.2, 0) is 11.3 Å². The van der Waals surface area contributed by atoms with Gasteiger partial charge < -0.3 is 10.1 Å². The SMILES string of the molecule is CC(C)CCN1CCO[C@H](Cn2nnc3c(NCC4CC4)ncnc32)C1. The molecule has 0 aromatic carbocycles. The summed E-state index contributed by atoms with van der Waals surface area (Å²) in [7, 11) is 0. The van der Waals surface area contributed by atoms with Crippen molar-refractivity contribution in [2.75, 3.05) is 38.1 Å². The van der Waals surface area contributed by atoms with E-state index in [-0.39, 0.29) is 6.10 Å². The number of hydrogen-bond acceptors (Lipinski definition) is 7. The summed E-state index contributed by atoms with van der Waals surface area (Å²) < 4.78 is 7.82. The summed E-state index contributed by atoms with van der Waals surface area (Å²) in [5.41, 5.74) is 1.53. The molecule has 2 aromatic heterocycles. The van der Waals surface area contributed by atoms with Crippen LogP contribution in [0.1, 0.15) is 33.1 Å². The Kier molecular flexibility index (Phi) is 5.31. The van der Waals surface area contributed by atoms with Crippen molar-refractivity contribution in [3.8, 4) is 0 Å². The molecule has 8 heteroatoms. The molecule has 0 spiro atoms. The number of aromatic nitrogens is 5. The highest BCUT2D eigenvalue weighted by Crippen LogP contribution is 2.29. The molecule has 142 valence electrons. The fraction of sp³-hybridized carbons (Fsp3) is 0.778. The number of rotatable bonds is 8. The first-order valence-electron chi connectivity index (χ1n) is 9.81. The van der Waals surface area contributed by atoms with Gasteiger partial charge in [0.05, 0.1) is 19.3 Å². The Morgan fingerprint density at radius 1 is 1.31 bits per heavy atom. The van der Waals surface area contributed by atoms with E-state index in [1.165, 1.54) is 19.3 Å². The van der Waals surface area contributed by atoms with Crippen molar-refractivity contribution < 1.29 is 4.74 Å². The third-order valence-corrected chi connectivity index (χ3v) is 5.18. The van der Waals surface area contributed by atoms with Crippen molar-refractivity contribution >= 4 is 17.0 Å². The van der Waals surface area contributed by atoms with Crippen LogP contribution < -0.4 is 5.32 Å². The number of fused-ring (bicyclic) bond motifs is 1. The van der Waals surface area contributed by atoms with Crippen molar-refractivity contribution in [3.63, 3.8) is 0 Å². The van der Waals surface area contributed by atoms with E-state index in [0.29, 0.717) is 6.54 Å². The Morgan fingerprint density at radius 3 is 3.00 bits per heavy atom. The largest absolute Gasteiger partial charge is 0.374 e. The van der Waals surface area contributed by atoms with Gasteiger partial charge in [0, 0.05) is 19.6 Å². The molecular weight excluding hydrogens is 330 g/mol. The minimum Gasteiger partial charge on any atom is -0.374 e. The van der Waals surface area contributed by atoms with Crippen LogP contribution in [0, 0.1) is 11.8 Å². The first-order chi connectivity index (χ1) is 12.7. The molecule has 0 radical (unpaired) electrons. The molecule has 1 saturated heterocycles. The molecule has 1 aliphatic heterocycles. The van der Waals surface area contributed by atoms with Crippen LogP contribution in [0.2, 0.25) is 0 Å². The standard InChI is InChI=1S/C18H29N7O/c1-13(2)5-6-24-7-8-26-15(10-24)11-25-18-16(22-23-25)17(20-12-21-18)19-9-14-3-4-14/h12-15H,3-11H2,1-2H3,(H,19,20,21)/t15-/m0/s1. The molecule has 0 bridgehead atoms. The Labute approximate surface area is 154 Å². The molecule has 2 fully saturated rings. The number of hydrogen-bond donors (Lipinski definition) is 1. The van der Waals surface area contributed by atoms with Crippen LogP contribution in [0.5, 0.6) is 0 Å². The monoisotopic (exact) mass is 359 g/mol. The summed E-state index contributed by atoms with van der Waals surface area (Å²) in [5.74, 6) is 2.30. The van der Waals surface area contributed by atoms with E-state index >= 15 is 0 Å². The maximum atomic E-state index is 5.97. The zero-order chi connectivity index (χ0) is 17.9.